The Labute approximate surface area is 111 Å². The van der Waals surface area contributed by atoms with Crippen LogP contribution in [0.2, 0.25) is 0 Å². The summed E-state index contributed by atoms with van der Waals surface area (Å²) in [6.07, 6.45) is 1.21. The van der Waals surface area contributed by atoms with E-state index in [2.05, 4.69) is 0 Å². The summed E-state index contributed by atoms with van der Waals surface area (Å²) in [5, 5.41) is 9.09. The Hall–Kier alpha value is -0.790. The Balaban J connectivity index is 2.54. The summed E-state index contributed by atoms with van der Waals surface area (Å²) < 4.78 is 4.90. The zero-order chi connectivity index (χ0) is 13.5. The predicted molar refractivity (Wildman–Crippen MR) is 69.5 cm³/mol. The van der Waals surface area contributed by atoms with Gasteiger partial charge in [-0.25, -0.2) is 4.79 Å². The summed E-state index contributed by atoms with van der Waals surface area (Å²) in [6.45, 7) is 1.01. The zero-order valence-electron chi connectivity index (χ0n) is 10.5. The number of ether oxygens (including phenoxy) is 1. The van der Waals surface area contributed by atoms with Crippen molar-refractivity contribution in [2.24, 2.45) is 5.73 Å². The fourth-order valence-electron chi connectivity index (χ4n) is 1.86. The van der Waals surface area contributed by atoms with Gasteiger partial charge in [-0.2, -0.15) is 11.8 Å². The van der Waals surface area contributed by atoms with Crippen molar-refractivity contribution in [1.29, 1.82) is 0 Å². The van der Waals surface area contributed by atoms with Crippen molar-refractivity contribution in [3.05, 3.63) is 0 Å². The molecule has 3 N–H and O–H groups in total. The van der Waals surface area contributed by atoms with Gasteiger partial charge in [0.1, 0.15) is 6.04 Å². The second kappa shape index (κ2) is 7.60. The van der Waals surface area contributed by atoms with Crippen LogP contribution in [0.1, 0.15) is 12.8 Å². The summed E-state index contributed by atoms with van der Waals surface area (Å²) in [6, 6.07) is -1.38. The maximum atomic E-state index is 12.1. The summed E-state index contributed by atoms with van der Waals surface area (Å²) in [5.74, 6) is -0.0231. The van der Waals surface area contributed by atoms with Crippen molar-refractivity contribution in [3.8, 4) is 0 Å². The monoisotopic (exact) mass is 276 g/mol. The molecule has 0 bridgehead atoms. The van der Waals surface area contributed by atoms with E-state index >= 15 is 0 Å². The first-order valence-corrected chi connectivity index (χ1v) is 7.09. The van der Waals surface area contributed by atoms with Crippen molar-refractivity contribution in [2.75, 3.05) is 31.8 Å². The highest BCUT2D eigenvalue weighted by molar-refractivity contribution is 7.99. The molecule has 0 aromatic rings. The number of hydrogen-bond donors (Lipinski definition) is 2. The number of amides is 1. The van der Waals surface area contributed by atoms with E-state index in [4.69, 9.17) is 15.6 Å². The first-order valence-electron chi connectivity index (χ1n) is 5.93. The third-order valence-corrected chi connectivity index (χ3v) is 3.90. The van der Waals surface area contributed by atoms with Gasteiger partial charge in [-0.15, -0.1) is 0 Å². The van der Waals surface area contributed by atoms with Crippen LogP contribution in [0.25, 0.3) is 0 Å². The topological polar surface area (TPSA) is 92.9 Å². The summed E-state index contributed by atoms with van der Waals surface area (Å²) >= 11 is 1.55. The Morgan fingerprint density at radius 2 is 2.33 bits per heavy atom. The summed E-state index contributed by atoms with van der Waals surface area (Å²) in [7, 11) is 1.59. The van der Waals surface area contributed by atoms with Crippen molar-refractivity contribution in [1.82, 2.24) is 4.90 Å². The molecule has 6 nitrogen and oxygen atoms in total. The Morgan fingerprint density at radius 3 is 2.94 bits per heavy atom. The maximum absolute atomic E-state index is 12.1. The average Bonchev–Trinajstić information content (AvgIpc) is 2.38. The lowest BCUT2D eigenvalue weighted by Gasteiger charge is -2.34. The van der Waals surface area contributed by atoms with Gasteiger partial charge in [-0.1, -0.05) is 0 Å². The van der Waals surface area contributed by atoms with Crippen LogP contribution < -0.4 is 5.73 Å². The first-order chi connectivity index (χ1) is 8.57. The van der Waals surface area contributed by atoms with Gasteiger partial charge in [0.2, 0.25) is 5.91 Å². The number of nitrogens with zero attached hydrogens (tertiary/aromatic N) is 1. The van der Waals surface area contributed by atoms with Crippen LogP contribution in [0, 0.1) is 0 Å². The van der Waals surface area contributed by atoms with Crippen molar-refractivity contribution in [3.63, 3.8) is 0 Å². The van der Waals surface area contributed by atoms with E-state index in [-0.39, 0.29) is 5.91 Å². The number of carbonyl (C=O) groups is 2. The normalized spacial score (nSPS) is 21.7. The molecule has 0 aromatic carbocycles. The lowest BCUT2D eigenvalue weighted by atomic mass is 10.1. The van der Waals surface area contributed by atoms with Gasteiger partial charge < -0.3 is 20.5 Å². The molecule has 1 amide bonds. The lowest BCUT2D eigenvalue weighted by Crippen LogP contribution is -2.55. The Morgan fingerprint density at radius 1 is 1.61 bits per heavy atom. The van der Waals surface area contributed by atoms with E-state index in [0.717, 1.165) is 5.75 Å². The van der Waals surface area contributed by atoms with E-state index in [1.54, 1.807) is 18.9 Å². The third kappa shape index (κ3) is 4.15. The van der Waals surface area contributed by atoms with Gasteiger partial charge >= 0.3 is 5.97 Å². The number of thioether (sulfide) groups is 1. The van der Waals surface area contributed by atoms with Crippen LogP contribution in [-0.4, -0.2) is 65.7 Å². The molecule has 1 fully saturated rings. The lowest BCUT2D eigenvalue weighted by molar-refractivity contribution is -0.149. The Kier molecular flexibility index (Phi) is 6.45. The SMILES string of the molecule is COCCCC(N)C(=O)N1CCSCC1C(=O)O. The molecule has 0 aliphatic carbocycles. The molecule has 7 heteroatoms. The first kappa shape index (κ1) is 15.3. The molecule has 1 rings (SSSR count). The molecule has 2 unspecified atom stereocenters. The molecule has 0 radical (unpaired) electrons. The smallest absolute Gasteiger partial charge is 0.327 e. The van der Waals surface area contributed by atoms with Crippen LogP contribution in [-0.2, 0) is 14.3 Å². The molecule has 1 aliphatic heterocycles. The highest BCUT2D eigenvalue weighted by atomic mass is 32.2. The molecule has 1 saturated heterocycles. The third-order valence-electron chi connectivity index (χ3n) is 2.88. The molecule has 104 valence electrons. The number of rotatable bonds is 6. The number of hydrogen-bond acceptors (Lipinski definition) is 5. The van der Waals surface area contributed by atoms with Gasteiger partial charge in [-0.05, 0) is 12.8 Å². The largest absolute Gasteiger partial charge is 0.480 e. The highest BCUT2D eigenvalue weighted by Crippen LogP contribution is 2.18. The second-order valence-corrected chi connectivity index (χ2v) is 5.35. The van der Waals surface area contributed by atoms with E-state index in [0.29, 0.717) is 31.7 Å². The number of carbonyl (C=O) groups excluding carboxylic acids is 1. The van der Waals surface area contributed by atoms with Gasteiger partial charge in [0, 0.05) is 31.8 Å². The molecule has 0 spiro atoms. The molecule has 18 heavy (non-hydrogen) atoms. The molecule has 0 aromatic heterocycles. The van der Waals surface area contributed by atoms with E-state index in [1.165, 1.54) is 4.90 Å². The number of carboxylic acids is 1. The minimum absolute atomic E-state index is 0.265. The molecular formula is C11H20N2O4S. The van der Waals surface area contributed by atoms with Crippen molar-refractivity contribution >= 4 is 23.6 Å². The average molecular weight is 276 g/mol. The maximum Gasteiger partial charge on any atom is 0.327 e. The number of aliphatic carboxylic acids is 1. The fourth-order valence-corrected chi connectivity index (χ4v) is 2.89. The van der Waals surface area contributed by atoms with Crippen molar-refractivity contribution < 1.29 is 19.4 Å². The molecule has 1 heterocycles. The predicted octanol–water partition coefficient (Wildman–Crippen LogP) is -0.231. The molecular weight excluding hydrogens is 256 g/mol. The van der Waals surface area contributed by atoms with Crippen LogP contribution in [0.3, 0.4) is 0 Å². The standard InChI is InChI=1S/C11H20N2O4S/c1-17-5-2-3-8(12)10(14)13-4-6-18-7-9(13)11(15)16/h8-9H,2-7,12H2,1H3,(H,15,16). The van der Waals surface area contributed by atoms with Crippen molar-refractivity contribution in [2.45, 2.75) is 24.9 Å². The molecule has 2 atom stereocenters. The number of methoxy groups -OCH3 is 1. The van der Waals surface area contributed by atoms with E-state index < -0.39 is 18.1 Å². The van der Waals surface area contributed by atoms with E-state index in [9.17, 15) is 9.59 Å². The zero-order valence-corrected chi connectivity index (χ0v) is 11.3. The van der Waals surface area contributed by atoms with E-state index in [1.807, 2.05) is 0 Å². The number of carboxylic acid groups (broad SMARTS) is 1. The van der Waals surface area contributed by atoms with Gasteiger partial charge in [0.25, 0.3) is 0 Å². The summed E-state index contributed by atoms with van der Waals surface area (Å²) in [5.41, 5.74) is 5.80. The van der Waals surface area contributed by atoms with Crippen LogP contribution in [0.15, 0.2) is 0 Å². The minimum atomic E-state index is -0.959. The quantitative estimate of drug-likeness (QED) is 0.651. The Bertz CT molecular complexity index is 301. The summed E-state index contributed by atoms with van der Waals surface area (Å²) in [4.78, 5) is 24.6. The van der Waals surface area contributed by atoms with Crippen LogP contribution in [0.5, 0.6) is 0 Å². The van der Waals surface area contributed by atoms with Gasteiger partial charge in [0.05, 0.1) is 6.04 Å². The minimum Gasteiger partial charge on any atom is -0.480 e. The van der Waals surface area contributed by atoms with Gasteiger partial charge in [-0.3, -0.25) is 4.79 Å². The van der Waals surface area contributed by atoms with Gasteiger partial charge in [0.15, 0.2) is 0 Å². The number of nitrogens with two attached hydrogens (primary N) is 1. The molecule has 0 saturated carbocycles. The fraction of sp³-hybridized carbons (Fsp3) is 0.818. The second-order valence-electron chi connectivity index (χ2n) is 4.20. The van der Waals surface area contributed by atoms with Crippen LogP contribution in [0.4, 0.5) is 0 Å². The highest BCUT2D eigenvalue weighted by Gasteiger charge is 2.34. The van der Waals surface area contributed by atoms with Crippen LogP contribution >= 0.6 is 11.8 Å². The molecule has 1 aliphatic rings.